The summed E-state index contributed by atoms with van der Waals surface area (Å²) in [5.41, 5.74) is 3.28. The average molecular weight is 616 g/mol. The lowest BCUT2D eigenvalue weighted by Crippen LogP contribution is -2.34. The van der Waals surface area contributed by atoms with Crippen molar-refractivity contribution < 1.29 is 14.1 Å². The number of nitro groups is 1. The van der Waals surface area contributed by atoms with Crippen LogP contribution in [0.4, 0.5) is 17.1 Å². The molecule has 5 aromatic rings. The van der Waals surface area contributed by atoms with Gasteiger partial charge in [0.25, 0.3) is 11.6 Å². The number of carbonyl (C=O) groups is 1. The Kier molecular flexibility index (Phi) is 6.91. The van der Waals surface area contributed by atoms with Gasteiger partial charge in [0.1, 0.15) is 11.2 Å². The number of nitro benzene ring substituents is 1. The van der Waals surface area contributed by atoms with Crippen molar-refractivity contribution in [3.63, 3.8) is 0 Å². The van der Waals surface area contributed by atoms with E-state index >= 15 is 0 Å². The summed E-state index contributed by atoms with van der Waals surface area (Å²) in [5.74, 6) is -0.0498. The molecule has 1 amide bonds. The fraction of sp³-hybridized carbons (Fsp3) is 0.138. The molecule has 0 unspecified atom stereocenters. The molecule has 1 saturated heterocycles. The number of hydrogen-bond donors (Lipinski definition) is 2. The zero-order chi connectivity index (χ0) is 27.8. The quantitative estimate of drug-likeness (QED) is 0.123. The van der Waals surface area contributed by atoms with Gasteiger partial charge in [-0.1, -0.05) is 40.2 Å². The summed E-state index contributed by atoms with van der Waals surface area (Å²) in [7, 11) is 0. The van der Waals surface area contributed by atoms with Gasteiger partial charge in [0.05, 0.1) is 4.92 Å². The van der Waals surface area contributed by atoms with Crippen molar-refractivity contribution in [2.24, 2.45) is 0 Å². The first-order chi connectivity index (χ1) is 19.4. The van der Waals surface area contributed by atoms with E-state index < -0.39 is 10.8 Å². The number of anilines is 2. The van der Waals surface area contributed by atoms with Crippen LogP contribution in [0.1, 0.15) is 23.2 Å². The molecule has 11 heteroatoms. The molecule has 0 spiro atoms. The van der Waals surface area contributed by atoms with E-state index in [1.54, 1.807) is 30.3 Å². The predicted octanol–water partition coefficient (Wildman–Crippen LogP) is 7.05. The maximum atomic E-state index is 12.9. The van der Waals surface area contributed by atoms with E-state index in [-0.39, 0.29) is 16.4 Å². The van der Waals surface area contributed by atoms with Gasteiger partial charge < -0.3 is 14.6 Å². The topological polar surface area (TPSA) is 114 Å². The number of hydrogen-bond acceptors (Lipinski definition) is 7. The lowest BCUT2D eigenvalue weighted by atomic mass is 10.0. The molecule has 1 fully saturated rings. The fourth-order valence-electron chi connectivity index (χ4n) is 4.95. The zero-order valence-corrected chi connectivity index (χ0v) is 23.4. The number of carbonyl (C=O) groups excluding carboxylic acids is 1. The zero-order valence-electron chi connectivity index (χ0n) is 21.0. The summed E-state index contributed by atoms with van der Waals surface area (Å²) in [6.45, 7) is 1.52. The summed E-state index contributed by atoms with van der Waals surface area (Å²) >= 11 is 8.94. The molecule has 2 heterocycles. The number of aromatic nitrogens is 1. The van der Waals surface area contributed by atoms with Crippen molar-refractivity contribution in [3.8, 4) is 11.5 Å². The third-order valence-corrected chi connectivity index (χ3v) is 7.75. The Morgan fingerprint density at radius 1 is 1.02 bits per heavy atom. The summed E-state index contributed by atoms with van der Waals surface area (Å²) in [6, 6.07) is 21.7. The summed E-state index contributed by atoms with van der Waals surface area (Å²) < 4.78 is 7.03. The van der Waals surface area contributed by atoms with Crippen LogP contribution >= 0.6 is 28.1 Å². The molecule has 6 rings (SSSR count). The van der Waals surface area contributed by atoms with Gasteiger partial charge in [0.2, 0.25) is 5.89 Å². The SMILES string of the molecule is O=C(NC(=S)Nc1ccc2oc(-c3cccc4c(Br)cccc34)nc2c1)c1ccc(N2CCCC2)c([N+](=O)[O-])c1. The van der Waals surface area contributed by atoms with E-state index in [1.807, 2.05) is 41.3 Å². The molecule has 0 aliphatic carbocycles. The van der Waals surface area contributed by atoms with Gasteiger partial charge in [-0.2, -0.15) is 0 Å². The normalized spacial score (nSPS) is 13.1. The van der Waals surface area contributed by atoms with Crippen molar-refractivity contribution in [3.05, 3.63) is 92.9 Å². The van der Waals surface area contributed by atoms with Crippen LogP contribution in [0, 0.1) is 10.1 Å². The third-order valence-electron chi connectivity index (χ3n) is 6.85. The molecule has 0 saturated carbocycles. The molecule has 200 valence electrons. The first-order valence-corrected chi connectivity index (χ1v) is 13.8. The minimum Gasteiger partial charge on any atom is -0.436 e. The van der Waals surface area contributed by atoms with Crippen LogP contribution in [-0.2, 0) is 0 Å². The number of amides is 1. The van der Waals surface area contributed by atoms with Gasteiger partial charge in [-0.15, -0.1) is 0 Å². The second-order valence-corrected chi connectivity index (χ2v) is 10.7. The Balaban J connectivity index is 1.19. The highest BCUT2D eigenvalue weighted by atomic mass is 79.9. The van der Waals surface area contributed by atoms with Crippen LogP contribution in [0.25, 0.3) is 33.3 Å². The van der Waals surface area contributed by atoms with E-state index in [0.29, 0.717) is 28.4 Å². The van der Waals surface area contributed by atoms with Crippen LogP contribution in [0.15, 0.2) is 81.7 Å². The lowest BCUT2D eigenvalue weighted by Gasteiger charge is -2.18. The van der Waals surface area contributed by atoms with Crippen molar-refractivity contribution in [2.75, 3.05) is 23.3 Å². The smallest absolute Gasteiger partial charge is 0.293 e. The summed E-state index contributed by atoms with van der Waals surface area (Å²) in [4.78, 5) is 30.7. The predicted molar refractivity (Wildman–Crippen MR) is 163 cm³/mol. The van der Waals surface area contributed by atoms with Crippen LogP contribution in [-0.4, -0.2) is 34.0 Å². The minimum absolute atomic E-state index is 0.0539. The van der Waals surface area contributed by atoms with Crippen molar-refractivity contribution in [2.45, 2.75) is 12.8 Å². The van der Waals surface area contributed by atoms with Crippen molar-refractivity contribution in [1.29, 1.82) is 0 Å². The van der Waals surface area contributed by atoms with Crippen LogP contribution in [0.3, 0.4) is 0 Å². The average Bonchev–Trinajstić information content (AvgIpc) is 3.63. The van der Waals surface area contributed by atoms with Crippen molar-refractivity contribution in [1.82, 2.24) is 10.3 Å². The first kappa shape index (κ1) is 25.9. The molecule has 2 N–H and O–H groups in total. The van der Waals surface area contributed by atoms with Gasteiger partial charge in [-0.3, -0.25) is 20.2 Å². The Hall–Kier alpha value is -4.35. The second-order valence-electron chi connectivity index (χ2n) is 9.41. The number of nitrogens with one attached hydrogen (secondary N) is 2. The second kappa shape index (κ2) is 10.7. The molecule has 1 aliphatic heterocycles. The maximum absolute atomic E-state index is 12.9. The number of oxazole rings is 1. The number of halogens is 1. The molecule has 0 atom stereocenters. The minimum atomic E-state index is -0.541. The molecular weight excluding hydrogens is 594 g/mol. The molecule has 0 bridgehead atoms. The van der Waals surface area contributed by atoms with Gasteiger partial charge in [-0.25, -0.2) is 4.98 Å². The lowest BCUT2D eigenvalue weighted by molar-refractivity contribution is -0.384. The largest absolute Gasteiger partial charge is 0.436 e. The highest BCUT2D eigenvalue weighted by Gasteiger charge is 2.24. The van der Waals surface area contributed by atoms with E-state index in [2.05, 4.69) is 31.5 Å². The Morgan fingerprint density at radius 3 is 2.60 bits per heavy atom. The third kappa shape index (κ3) is 5.01. The van der Waals surface area contributed by atoms with Crippen LogP contribution < -0.4 is 15.5 Å². The van der Waals surface area contributed by atoms with E-state index in [1.165, 1.54) is 6.07 Å². The highest BCUT2D eigenvalue weighted by Crippen LogP contribution is 2.34. The van der Waals surface area contributed by atoms with E-state index in [0.717, 1.165) is 46.7 Å². The molecular formula is C29H22BrN5O4S. The number of thiocarbonyl (C=S) groups is 1. The Bertz CT molecular complexity index is 1820. The summed E-state index contributed by atoms with van der Waals surface area (Å²) in [6.07, 6.45) is 1.98. The fourth-order valence-corrected chi connectivity index (χ4v) is 5.66. The summed E-state index contributed by atoms with van der Waals surface area (Å²) in [5, 5.41) is 19.4. The molecule has 0 radical (unpaired) electrons. The highest BCUT2D eigenvalue weighted by molar-refractivity contribution is 9.10. The number of benzene rings is 4. The Labute approximate surface area is 242 Å². The Morgan fingerprint density at radius 2 is 1.80 bits per heavy atom. The standard InChI is InChI=1S/C29H22BrN5O4S/c30-22-8-4-5-19-20(22)6-3-7-21(19)28-32-23-16-18(10-12-26(23)39-28)31-29(40)33-27(36)17-9-11-24(25(15-17)35(37)38)34-13-1-2-14-34/h3-12,15-16H,1-2,13-14H2,(H2,31,33,36,40). The molecule has 1 aromatic heterocycles. The van der Waals surface area contributed by atoms with Crippen LogP contribution in [0.2, 0.25) is 0 Å². The number of rotatable bonds is 5. The van der Waals surface area contributed by atoms with Gasteiger partial charge in [0.15, 0.2) is 10.7 Å². The van der Waals surface area contributed by atoms with E-state index in [4.69, 9.17) is 16.6 Å². The molecule has 4 aromatic carbocycles. The van der Waals surface area contributed by atoms with Crippen LogP contribution in [0.5, 0.6) is 0 Å². The first-order valence-electron chi connectivity index (χ1n) is 12.6. The van der Waals surface area contributed by atoms with E-state index in [9.17, 15) is 14.9 Å². The monoisotopic (exact) mass is 615 g/mol. The van der Waals surface area contributed by atoms with Gasteiger partial charge in [-0.05, 0) is 78.3 Å². The van der Waals surface area contributed by atoms with Gasteiger partial charge in [0, 0.05) is 40.4 Å². The maximum Gasteiger partial charge on any atom is 0.293 e. The molecule has 40 heavy (non-hydrogen) atoms. The van der Waals surface area contributed by atoms with Crippen molar-refractivity contribution >= 4 is 78.1 Å². The molecule has 1 aliphatic rings. The molecule has 9 nitrogen and oxygen atoms in total. The number of fused-ring (bicyclic) bond motifs is 2. The number of nitrogens with zero attached hydrogens (tertiary/aromatic N) is 3. The van der Waals surface area contributed by atoms with Gasteiger partial charge >= 0.3 is 0 Å².